The van der Waals surface area contributed by atoms with Crippen LogP contribution in [0, 0.1) is 12.3 Å². The van der Waals surface area contributed by atoms with Crippen molar-refractivity contribution in [2.24, 2.45) is 5.41 Å². The van der Waals surface area contributed by atoms with E-state index in [1.165, 1.54) is 12.0 Å². The first kappa shape index (κ1) is 21.1. The lowest BCUT2D eigenvalue weighted by Gasteiger charge is -2.30. The number of carbonyl (C=O) groups excluding carboxylic acids is 3. The van der Waals surface area contributed by atoms with Crippen molar-refractivity contribution in [3.63, 3.8) is 0 Å². The summed E-state index contributed by atoms with van der Waals surface area (Å²) in [4.78, 5) is 42.9. The minimum Gasteiger partial charge on any atom is -0.484 e. The molecule has 2 aliphatic rings. The van der Waals surface area contributed by atoms with Crippen molar-refractivity contribution in [3.05, 3.63) is 29.8 Å². The van der Waals surface area contributed by atoms with E-state index >= 15 is 0 Å². The molecule has 0 aromatic heterocycles. The van der Waals surface area contributed by atoms with Crippen molar-refractivity contribution in [1.82, 2.24) is 14.7 Å². The van der Waals surface area contributed by atoms with Crippen molar-refractivity contribution in [2.45, 2.75) is 26.8 Å². The van der Waals surface area contributed by atoms with Crippen molar-refractivity contribution >= 4 is 17.8 Å². The van der Waals surface area contributed by atoms with Crippen LogP contribution in [0.25, 0.3) is 0 Å². The van der Waals surface area contributed by atoms with E-state index in [2.05, 4.69) is 0 Å². The van der Waals surface area contributed by atoms with E-state index < -0.39 is 6.04 Å². The third-order valence-corrected chi connectivity index (χ3v) is 5.24. The van der Waals surface area contributed by atoms with E-state index in [1.54, 1.807) is 15.9 Å². The summed E-state index contributed by atoms with van der Waals surface area (Å²) in [5, 5.41) is 0. The van der Waals surface area contributed by atoms with E-state index in [0.717, 1.165) is 5.56 Å². The number of hydrogen-bond donors (Lipinski definition) is 0. The molecule has 4 amide bonds. The number of carbonyl (C=O) groups is 3. The van der Waals surface area contributed by atoms with Gasteiger partial charge in [0, 0.05) is 25.6 Å². The van der Waals surface area contributed by atoms with Crippen LogP contribution in [0.4, 0.5) is 4.79 Å². The fourth-order valence-corrected chi connectivity index (χ4v) is 3.87. The van der Waals surface area contributed by atoms with Crippen molar-refractivity contribution < 1.29 is 23.9 Å². The van der Waals surface area contributed by atoms with Crippen LogP contribution in [0.2, 0.25) is 0 Å². The standard InChI is InChI=1S/C21H29N3O5/c1-15-6-5-7-16(10-15)29-12-18(25)22-11-17-19(26)23(8-9-28-4)20(27)24(17)14-21(2,3)13-22/h5-7,10,17H,8-9,11-14H2,1-4H3. The van der Waals surface area contributed by atoms with Crippen molar-refractivity contribution in [1.29, 1.82) is 0 Å². The van der Waals surface area contributed by atoms with Gasteiger partial charge >= 0.3 is 6.03 Å². The number of fused-ring (bicyclic) bond motifs is 1. The lowest BCUT2D eigenvalue weighted by molar-refractivity contribution is -0.135. The Bertz CT molecular complexity index is 794. The quantitative estimate of drug-likeness (QED) is 0.673. The highest BCUT2D eigenvalue weighted by molar-refractivity contribution is 6.04. The molecule has 0 aliphatic carbocycles. The van der Waals surface area contributed by atoms with Gasteiger partial charge in [0.25, 0.3) is 11.8 Å². The molecule has 0 radical (unpaired) electrons. The summed E-state index contributed by atoms with van der Waals surface area (Å²) < 4.78 is 10.7. The lowest BCUT2D eigenvalue weighted by atomic mass is 9.92. The first-order chi connectivity index (χ1) is 13.7. The molecule has 1 aromatic carbocycles. The van der Waals surface area contributed by atoms with E-state index in [9.17, 15) is 14.4 Å². The first-order valence-corrected chi connectivity index (χ1v) is 9.80. The molecule has 1 aromatic rings. The molecule has 2 heterocycles. The number of methoxy groups -OCH3 is 1. The van der Waals surface area contributed by atoms with Crippen LogP contribution < -0.4 is 4.74 Å². The topological polar surface area (TPSA) is 79.4 Å². The maximum Gasteiger partial charge on any atom is 0.327 e. The second kappa shape index (κ2) is 8.41. The highest BCUT2D eigenvalue weighted by atomic mass is 16.5. The molecule has 2 saturated heterocycles. The minimum absolute atomic E-state index is 0.109. The Kier molecular flexibility index (Phi) is 6.12. The highest BCUT2D eigenvalue weighted by Gasteiger charge is 2.49. The maximum atomic E-state index is 12.9. The summed E-state index contributed by atoms with van der Waals surface area (Å²) in [5.41, 5.74) is 0.703. The Hall–Kier alpha value is -2.61. The van der Waals surface area contributed by atoms with Crippen molar-refractivity contribution in [3.8, 4) is 5.75 Å². The molecule has 8 nitrogen and oxygen atoms in total. The summed E-state index contributed by atoms with van der Waals surface area (Å²) >= 11 is 0. The van der Waals surface area contributed by atoms with Crippen LogP contribution in [0.15, 0.2) is 24.3 Å². The number of ether oxygens (including phenoxy) is 2. The molecule has 2 fully saturated rings. The largest absolute Gasteiger partial charge is 0.484 e. The van der Waals surface area contributed by atoms with Crippen LogP contribution in [0.3, 0.4) is 0 Å². The predicted octanol–water partition coefficient (Wildman–Crippen LogP) is 1.52. The predicted molar refractivity (Wildman–Crippen MR) is 107 cm³/mol. The molecule has 3 rings (SSSR count). The zero-order valence-electron chi connectivity index (χ0n) is 17.5. The Morgan fingerprint density at radius 2 is 2.00 bits per heavy atom. The Balaban J connectivity index is 1.72. The number of amides is 4. The SMILES string of the molecule is COCCN1C(=O)C2CN(C(=O)COc3cccc(C)c3)CC(C)(C)CN2C1=O. The van der Waals surface area contributed by atoms with Crippen LogP contribution in [-0.2, 0) is 14.3 Å². The van der Waals surface area contributed by atoms with E-state index in [1.807, 2.05) is 39.0 Å². The number of urea groups is 1. The van der Waals surface area contributed by atoms with Crippen LogP contribution in [-0.4, -0.2) is 85.1 Å². The normalized spacial score (nSPS) is 21.2. The Morgan fingerprint density at radius 3 is 2.69 bits per heavy atom. The molecule has 1 unspecified atom stereocenters. The molecular formula is C21H29N3O5. The lowest BCUT2D eigenvalue weighted by Crippen LogP contribution is -2.45. The summed E-state index contributed by atoms with van der Waals surface area (Å²) in [6.45, 7) is 7.37. The van der Waals surface area contributed by atoms with Gasteiger partial charge < -0.3 is 19.3 Å². The van der Waals surface area contributed by atoms with Gasteiger partial charge in [0.2, 0.25) is 0 Å². The van der Waals surface area contributed by atoms with Gasteiger partial charge in [-0.25, -0.2) is 4.79 Å². The van der Waals surface area contributed by atoms with Gasteiger partial charge in [-0.3, -0.25) is 14.5 Å². The molecule has 158 valence electrons. The number of hydrogen-bond acceptors (Lipinski definition) is 5. The summed E-state index contributed by atoms with van der Waals surface area (Å²) in [6, 6.07) is 6.53. The van der Waals surface area contributed by atoms with E-state index in [-0.39, 0.29) is 49.6 Å². The molecule has 8 heteroatoms. The summed E-state index contributed by atoms with van der Waals surface area (Å²) in [5.74, 6) is 0.158. The number of imide groups is 1. The van der Waals surface area contributed by atoms with Gasteiger partial charge in [-0.15, -0.1) is 0 Å². The Labute approximate surface area is 171 Å². The van der Waals surface area contributed by atoms with Gasteiger partial charge in [0.15, 0.2) is 6.61 Å². The fourth-order valence-electron chi connectivity index (χ4n) is 3.87. The van der Waals surface area contributed by atoms with Gasteiger partial charge in [-0.1, -0.05) is 26.0 Å². The number of aryl methyl sites for hydroxylation is 1. The molecule has 0 saturated carbocycles. The average molecular weight is 403 g/mol. The second-order valence-corrected chi connectivity index (χ2v) is 8.45. The highest BCUT2D eigenvalue weighted by Crippen LogP contribution is 2.30. The molecule has 0 N–H and O–H groups in total. The van der Waals surface area contributed by atoms with Gasteiger partial charge in [0.1, 0.15) is 11.8 Å². The first-order valence-electron chi connectivity index (χ1n) is 9.80. The zero-order valence-corrected chi connectivity index (χ0v) is 17.5. The van der Waals surface area contributed by atoms with E-state index in [0.29, 0.717) is 18.8 Å². The zero-order chi connectivity index (χ0) is 21.2. The third-order valence-electron chi connectivity index (χ3n) is 5.24. The molecule has 0 bridgehead atoms. The van der Waals surface area contributed by atoms with Crippen LogP contribution in [0.1, 0.15) is 19.4 Å². The molecule has 2 aliphatic heterocycles. The second-order valence-electron chi connectivity index (χ2n) is 8.45. The van der Waals surface area contributed by atoms with Crippen molar-refractivity contribution in [2.75, 3.05) is 46.5 Å². The summed E-state index contributed by atoms with van der Waals surface area (Å²) in [7, 11) is 1.53. The van der Waals surface area contributed by atoms with Crippen LogP contribution >= 0.6 is 0 Å². The Morgan fingerprint density at radius 1 is 1.24 bits per heavy atom. The smallest absolute Gasteiger partial charge is 0.327 e. The van der Waals surface area contributed by atoms with Crippen LogP contribution in [0.5, 0.6) is 5.75 Å². The fraction of sp³-hybridized carbons (Fsp3) is 0.571. The number of rotatable bonds is 6. The van der Waals surface area contributed by atoms with Gasteiger partial charge in [0.05, 0.1) is 19.7 Å². The molecule has 0 spiro atoms. The third kappa shape index (κ3) is 4.70. The monoisotopic (exact) mass is 403 g/mol. The summed E-state index contributed by atoms with van der Waals surface area (Å²) in [6.07, 6.45) is 0. The number of nitrogens with zero attached hydrogens (tertiary/aromatic N) is 3. The average Bonchev–Trinajstić information content (AvgIpc) is 2.79. The molecule has 29 heavy (non-hydrogen) atoms. The molecular weight excluding hydrogens is 374 g/mol. The maximum absolute atomic E-state index is 12.9. The minimum atomic E-state index is -0.663. The number of benzene rings is 1. The van der Waals surface area contributed by atoms with Gasteiger partial charge in [-0.2, -0.15) is 0 Å². The van der Waals surface area contributed by atoms with Gasteiger partial charge in [-0.05, 0) is 24.6 Å². The molecule has 1 atom stereocenters. The van der Waals surface area contributed by atoms with E-state index in [4.69, 9.17) is 9.47 Å².